The van der Waals surface area contributed by atoms with E-state index in [9.17, 15) is 10.1 Å². The minimum Gasteiger partial charge on any atom is -0.481 e. The minimum atomic E-state index is -0.515. The second-order valence-electron chi connectivity index (χ2n) is 4.06. The fraction of sp³-hybridized carbons (Fsp3) is 0.385. The fourth-order valence-corrected chi connectivity index (χ4v) is 1.68. The molecule has 1 rings (SSSR count). The number of rotatable bonds is 8. The molecule has 0 aromatic heterocycles. The molecule has 0 aliphatic carbocycles. The second-order valence-corrected chi connectivity index (χ2v) is 4.47. The van der Waals surface area contributed by atoms with Crippen molar-refractivity contribution in [2.75, 3.05) is 19.7 Å². The number of nitro benzene ring substituents is 1. The standard InChI is InChI=1S/C13H17ClN2O3/c1-3-7-15-8-10(2)9-19-13-11(14)5-4-6-12(13)16(17)18/h4-6,15H,2-3,7-9H2,1H3. The predicted octanol–water partition coefficient (Wildman–Crippen LogP) is 3.18. The van der Waals surface area contributed by atoms with Gasteiger partial charge in [-0.1, -0.05) is 31.2 Å². The molecular formula is C13H17ClN2O3. The third kappa shape index (κ3) is 4.89. The van der Waals surface area contributed by atoms with Crippen molar-refractivity contribution in [2.45, 2.75) is 13.3 Å². The Morgan fingerprint density at radius 3 is 2.95 bits per heavy atom. The molecule has 0 aliphatic heterocycles. The first-order chi connectivity index (χ1) is 9.06. The Morgan fingerprint density at radius 1 is 1.58 bits per heavy atom. The number of hydrogen-bond donors (Lipinski definition) is 1. The van der Waals surface area contributed by atoms with Gasteiger partial charge in [-0.15, -0.1) is 0 Å². The van der Waals surface area contributed by atoms with Gasteiger partial charge in [-0.25, -0.2) is 0 Å². The van der Waals surface area contributed by atoms with E-state index in [1.165, 1.54) is 12.1 Å². The third-order valence-corrected chi connectivity index (χ3v) is 2.66. The summed E-state index contributed by atoms with van der Waals surface area (Å²) in [7, 11) is 0. The lowest BCUT2D eigenvalue weighted by molar-refractivity contribution is -0.385. The second kappa shape index (κ2) is 7.76. The summed E-state index contributed by atoms with van der Waals surface area (Å²) in [6.45, 7) is 7.62. The van der Waals surface area contributed by atoms with Gasteiger partial charge in [0, 0.05) is 12.6 Å². The lowest BCUT2D eigenvalue weighted by atomic mass is 10.3. The van der Waals surface area contributed by atoms with Gasteiger partial charge >= 0.3 is 5.69 Å². The van der Waals surface area contributed by atoms with Crippen molar-refractivity contribution in [3.8, 4) is 5.75 Å². The van der Waals surface area contributed by atoms with Crippen LogP contribution in [-0.2, 0) is 0 Å². The number of nitro groups is 1. The lowest BCUT2D eigenvalue weighted by Gasteiger charge is -2.10. The van der Waals surface area contributed by atoms with Crippen molar-refractivity contribution in [3.05, 3.63) is 45.5 Å². The summed E-state index contributed by atoms with van der Waals surface area (Å²) < 4.78 is 5.41. The third-order valence-electron chi connectivity index (χ3n) is 2.37. The van der Waals surface area contributed by atoms with Crippen LogP contribution < -0.4 is 10.1 Å². The Bertz CT molecular complexity index is 463. The monoisotopic (exact) mass is 284 g/mol. The smallest absolute Gasteiger partial charge is 0.312 e. The van der Waals surface area contributed by atoms with E-state index >= 15 is 0 Å². The van der Waals surface area contributed by atoms with Crippen LogP contribution in [0, 0.1) is 10.1 Å². The molecule has 0 spiro atoms. The van der Waals surface area contributed by atoms with Gasteiger partial charge in [0.2, 0.25) is 5.75 Å². The highest BCUT2D eigenvalue weighted by molar-refractivity contribution is 6.32. The summed E-state index contributed by atoms with van der Waals surface area (Å²) in [6.07, 6.45) is 1.03. The molecule has 1 aromatic carbocycles. The van der Waals surface area contributed by atoms with Crippen molar-refractivity contribution in [1.29, 1.82) is 0 Å². The minimum absolute atomic E-state index is 0.0887. The summed E-state index contributed by atoms with van der Waals surface area (Å²) >= 11 is 5.91. The molecule has 19 heavy (non-hydrogen) atoms. The Balaban J connectivity index is 2.62. The quantitative estimate of drug-likeness (QED) is 0.345. The molecule has 0 unspecified atom stereocenters. The number of benzene rings is 1. The molecule has 0 amide bonds. The zero-order valence-corrected chi connectivity index (χ0v) is 11.6. The molecule has 0 radical (unpaired) electrons. The molecular weight excluding hydrogens is 268 g/mol. The SMILES string of the molecule is C=C(CNCCC)COc1c(Cl)cccc1[N+](=O)[O-]. The molecule has 0 saturated carbocycles. The number of nitrogens with one attached hydrogen (secondary N) is 1. The number of halogens is 1. The van der Waals surface area contributed by atoms with Crippen LogP contribution in [0.15, 0.2) is 30.4 Å². The average molecular weight is 285 g/mol. The van der Waals surface area contributed by atoms with E-state index in [2.05, 4.69) is 18.8 Å². The van der Waals surface area contributed by atoms with Crippen molar-refractivity contribution in [1.82, 2.24) is 5.32 Å². The predicted molar refractivity (Wildman–Crippen MR) is 75.9 cm³/mol. The highest BCUT2D eigenvalue weighted by Crippen LogP contribution is 2.34. The van der Waals surface area contributed by atoms with Crippen LogP contribution in [0.1, 0.15) is 13.3 Å². The first-order valence-electron chi connectivity index (χ1n) is 5.99. The van der Waals surface area contributed by atoms with Gasteiger partial charge in [0.05, 0.1) is 9.95 Å². The summed E-state index contributed by atoms with van der Waals surface area (Å²) in [5.74, 6) is 0.0887. The Hall–Kier alpha value is -1.59. The van der Waals surface area contributed by atoms with E-state index in [0.29, 0.717) is 6.54 Å². The maximum Gasteiger partial charge on any atom is 0.312 e. The summed E-state index contributed by atoms with van der Waals surface area (Å²) in [4.78, 5) is 10.3. The summed E-state index contributed by atoms with van der Waals surface area (Å²) in [5.41, 5.74) is 0.671. The van der Waals surface area contributed by atoms with E-state index in [-0.39, 0.29) is 23.1 Å². The molecule has 0 aliphatic rings. The molecule has 1 N–H and O–H groups in total. The molecule has 6 heteroatoms. The topological polar surface area (TPSA) is 64.4 Å². The van der Waals surface area contributed by atoms with Gasteiger partial charge in [-0.05, 0) is 24.6 Å². The van der Waals surface area contributed by atoms with E-state index in [4.69, 9.17) is 16.3 Å². The largest absolute Gasteiger partial charge is 0.481 e. The Kier molecular flexibility index (Phi) is 6.32. The van der Waals surface area contributed by atoms with Gasteiger partial charge < -0.3 is 10.1 Å². The van der Waals surface area contributed by atoms with Crippen molar-refractivity contribution in [3.63, 3.8) is 0 Å². The molecule has 5 nitrogen and oxygen atoms in total. The van der Waals surface area contributed by atoms with Crippen LogP contribution in [-0.4, -0.2) is 24.6 Å². The molecule has 0 bridgehead atoms. The van der Waals surface area contributed by atoms with Crippen LogP contribution in [0.3, 0.4) is 0 Å². The number of para-hydroxylation sites is 1. The number of hydrogen-bond acceptors (Lipinski definition) is 4. The molecule has 0 fully saturated rings. The van der Waals surface area contributed by atoms with Crippen LogP contribution in [0.25, 0.3) is 0 Å². The highest BCUT2D eigenvalue weighted by Gasteiger charge is 2.18. The summed E-state index contributed by atoms with van der Waals surface area (Å²) in [6, 6.07) is 4.44. The molecule has 1 aromatic rings. The highest BCUT2D eigenvalue weighted by atomic mass is 35.5. The van der Waals surface area contributed by atoms with E-state index in [0.717, 1.165) is 18.5 Å². The lowest BCUT2D eigenvalue weighted by Crippen LogP contribution is -2.20. The van der Waals surface area contributed by atoms with E-state index < -0.39 is 4.92 Å². The average Bonchev–Trinajstić information content (AvgIpc) is 2.37. The zero-order chi connectivity index (χ0) is 14.3. The zero-order valence-electron chi connectivity index (χ0n) is 10.8. The van der Waals surface area contributed by atoms with Crippen LogP contribution >= 0.6 is 11.6 Å². The Labute approximate surface area is 117 Å². The molecule has 0 atom stereocenters. The first kappa shape index (κ1) is 15.5. The van der Waals surface area contributed by atoms with Gasteiger partial charge in [0.1, 0.15) is 6.61 Å². The van der Waals surface area contributed by atoms with Crippen molar-refractivity contribution < 1.29 is 9.66 Å². The fourth-order valence-electron chi connectivity index (χ4n) is 1.45. The van der Waals surface area contributed by atoms with Gasteiger partial charge in [0.25, 0.3) is 0 Å². The van der Waals surface area contributed by atoms with Crippen LogP contribution in [0.2, 0.25) is 5.02 Å². The summed E-state index contributed by atoms with van der Waals surface area (Å²) in [5, 5.41) is 14.3. The van der Waals surface area contributed by atoms with Crippen LogP contribution in [0.4, 0.5) is 5.69 Å². The van der Waals surface area contributed by atoms with Gasteiger partial charge in [0.15, 0.2) is 0 Å². The van der Waals surface area contributed by atoms with E-state index in [1.54, 1.807) is 6.07 Å². The first-order valence-corrected chi connectivity index (χ1v) is 6.37. The number of ether oxygens (including phenoxy) is 1. The normalized spacial score (nSPS) is 10.2. The van der Waals surface area contributed by atoms with Crippen LogP contribution in [0.5, 0.6) is 5.75 Å². The maximum absolute atomic E-state index is 10.9. The maximum atomic E-state index is 10.9. The van der Waals surface area contributed by atoms with Crippen molar-refractivity contribution in [2.24, 2.45) is 0 Å². The number of nitrogens with zero attached hydrogens (tertiary/aromatic N) is 1. The Morgan fingerprint density at radius 2 is 2.32 bits per heavy atom. The van der Waals surface area contributed by atoms with E-state index in [1.807, 2.05) is 0 Å². The molecule has 0 heterocycles. The van der Waals surface area contributed by atoms with Gasteiger partial charge in [-0.2, -0.15) is 0 Å². The molecule has 0 saturated heterocycles. The van der Waals surface area contributed by atoms with Crippen molar-refractivity contribution >= 4 is 17.3 Å². The van der Waals surface area contributed by atoms with Gasteiger partial charge in [-0.3, -0.25) is 10.1 Å². The molecule has 104 valence electrons.